The van der Waals surface area contributed by atoms with E-state index in [4.69, 9.17) is 9.47 Å². The van der Waals surface area contributed by atoms with Gasteiger partial charge in [0.05, 0.1) is 5.92 Å². The Morgan fingerprint density at radius 3 is 1.88 bits per heavy atom. The lowest BCUT2D eigenvalue weighted by atomic mass is 9.95. The van der Waals surface area contributed by atoms with E-state index < -0.39 is 0 Å². The minimum absolute atomic E-state index is 0.184. The fourth-order valence-corrected chi connectivity index (χ4v) is 3.66. The molecule has 2 aliphatic rings. The molecule has 33 heavy (non-hydrogen) atoms. The van der Waals surface area contributed by atoms with Crippen LogP contribution in [-0.2, 0) is 27.4 Å². The third kappa shape index (κ3) is 8.32. The molecule has 0 heterocycles. The first-order chi connectivity index (χ1) is 15.6. The van der Waals surface area contributed by atoms with Crippen LogP contribution >= 0.6 is 0 Å². The highest BCUT2D eigenvalue weighted by Crippen LogP contribution is 2.29. The van der Waals surface area contributed by atoms with Crippen molar-refractivity contribution in [3.8, 4) is 16.9 Å². The SMILES string of the molecule is CC(=O)OCc1ccc(OC(=O)C(C)C)c(CCCN(C(C)C)C(C)C)c1.c1cc2ccc1-2. The van der Waals surface area contributed by atoms with Gasteiger partial charge < -0.3 is 9.47 Å². The van der Waals surface area contributed by atoms with Crippen LogP contribution in [0.1, 0.15) is 66.0 Å². The standard InChI is InChI=1S/C22H35NO4.C6H4/c1-15(2)22(25)27-21-11-10-19(14-26-18(7)24)13-20(21)9-8-12-23(16(3)4)17(5)6;1-2-6-4-3-5(1)6/h10-11,13,15-17H,8-9,12,14H2,1-7H3;1-4H. The summed E-state index contributed by atoms with van der Waals surface area (Å²) in [5.41, 5.74) is 4.72. The van der Waals surface area contributed by atoms with Gasteiger partial charge in [0.15, 0.2) is 0 Å². The molecule has 5 heteroatoms. The van der Waals surface area contributed by atoms with Gasteiger partial charge in [-0.2, -0.15) is 0 Å². The maximum atomic E-state index is 12.0. The fraction of sp³-hybridized carbons (Fsp3) is 0.500. The van der Waals surface area contributed by atoms with Crippen molar-refractivity contribution in [2.24, 2.45) is 5.92 Å². The van der Waals surface area contributed by atoms with Crippen LogP contribution in [0, 0.1) is 5.92 Å². The van der Waals surface area contributed by atoms with Crippen LogP contribution in [0.3, 0.4) is 0 Å². The Morgan fingerprint density at radius 2 is 1.45 bits per heavy atom. The molecule has 0 aromatic heterocycles. The molecule has 0 fully saturated rings. The second kappa shape index (κ2) is 12.5. The zero-order chi connectivity index (χ0) is 24.5. The van der Waals surface area contributed by atoms with Crippen molar-refractivity contribution < 1.29 is 19.1 Å². The summed E-state index contributed by atoms with van der Waals surface area (Å²) in [6.45, 7) is 15.1. The molecule has 1 aromatic rings. The molecule has 0 N–H and O–H groups in total. The molecular formula is C28H39NO4. The van der Waals surface area contributed by atoms with Crippen molar-refractivity contribution in [3.63, 3.8) is 0 Å². The number of carbonyl (C=O) groups excluding carboxylic acids is 2. The molecule has 1 aromatic carbocycles. The first-order valence-electron chi connectivity index (χ1n) is 11.9. The van der Waals surface area contributed by atoms with E-state index in [0.717, 1.165) is 30.5 Å². The van der Waals surface area contributed by atoms with Crippen LogP contribution in [0.2, 0.25) is 0 Å². The molecule has 0 aliphatic heterocycles. The Bertz CT molecular complexity index is 887. The topological polar surface area (TPSA) is 55.8 Å². The third-order valence-corrected chi connectivity index (χ3v) is 5.66. The average molecular weight is 454 g/mol. The summed E-state index contributed by atoms with van der Waals surface area (Å²) in [5.74, 6) is -0.136. The molecule has 0 atom stereocenters. The maximum Gasteiger partial charge on any atom is 0.313 e. The summed E-state index contributed by atoms with van der Waals surface area (Å²) >= 11 is 0. The van der Waals surface area contributed by atoms with E-state index in [-0.39, 0.29) is 24.5 Å². The zero-order valence-electron chi connectivity index (χ0n) is 21.2. The lowest BCUT2D eigenvalue weighted by molar-refractivity contribution is -0.142. The molecule has 0 radical (unpaired) electrons. The molecule has 180 valence electrons. The van der Waals surface area contributed by atoms with Gasteiger partial charge in [0, 0.05) is 19.0 Å². The van der Waals surface area contributed by atoms with Crippen LogP contribution in [0.15, 0.2) is 42.5 Å². The normalized spacial score (nSPS) is 11.5. The molecule has 0 spiro atoms. The van der Waals surface area contributed by atoms with Gasteiger partial charge >= 0.3 is 11.9 Å². The Hall–Kier alpha value is -2.66. The summed E-state index contributed by atoms with van der Waals surface area (Å²) in [5, 5.41) is 0. The van der Waals surface area contributed by atoms with E-state index in [1.165, 1.54) is 18.1 Å². The zero-order valence-corrected chi connectivity index (χ0v) is 21.2. The molecule has 3 rings (SSSR count). The van der Waals surface area contributed by atoms with Crippen molar-refractivity contribution in [1.82, 2.24) is 4.90 Å². The smallest absolute Gasteiger partial charge is 0.313 e. The van der Waals surface area contributed by atoms with Crippen LogP contribution < -0.4 is 4.74 Å². The van der Waals surface area contributed by atoms with Crippen molar-refractivity contribution >= 4 is 11.9 Å². The summed E-state index contributed by atoms with van der Waals surface area (Å²) < 4.78 is 10.7. The lowest BCUT2D eigenvalue weighted by Crippen LogP contribution is -2.37. The Morgan fingerprint density at radius 1 is 0.879 bits per heavy atom. The number of carbonyl (C=O) groups is 2. The van der Waals surface area contributed by atoms with Crippen LogP contribution in [-0.4, -0.2) is 35.5 Å². The first kappa shape index (κ1) is 26.6. The number of ether oxygens (including phenoxy) is 2. The number of aryl methyl sites for hydroxylation is 1. The second-order valence-electron chi connectivity index (χ2n) is 9.40. The number of nitrogens with zero attached hydrogens (tertiary/aromatic N) is 1. The Kier molecular flexibility index (Phi) is 10.1. The van der Waals surface area contributed by atoms with Crippen LogP contribution in [0.5, 0.6) is 5.75 Å². The van der Waals surface area contributed by atoms with E-state index >= 15 is 0 Å². The summed E-state index contributed by atoms with van der Waals surface area (Å²) in [6, 6.07) is 15.1. The number of hydrogen-bond donors (Lipinski definition) is 0. The van der Waals surface area contributed by atoms with Crippen molar-refractivity contribution in [3.05, 3.63) is 53.6 Å². The van der Waals surface area contributed by atoms with Crippen molar-refractivity contribution in [1.29, 1.82) is 0 Å². The van der Waals surface area contributed by atoms with Gasteiger partial charge in [-0.3, -0.25) is 14.5 Å². The fourth-order valence-electron chi connectivity index (χ4n) is 3.66. The van der Waals surface area contributed by atoms with Crippen molar-refractivity contribution in [2.45, 2.75) is 80.0 Å². The van der Waals surface area contributed by atoms with Gasteiger partial charge in [-0.05, 0) is 81.5 Å². The van der Waals surface area contributed by atoms with E-state index in [0.29, 0.717) is 17.8 Å². The highest BCUT2D eigenvalue weighted by molar-refractivity contribution is 5.75. The van der Waals surface area contributed by atoms with Gasteiger partial charge in [0.2, 0.25) is 0 Å². The van der Waals surface area contributed by atoms with E-state index in [1.54, 1.807) is 6.07 Å². The van der Waals surface area contributed by atoms with Crippen LogP contribution in [0.4, 0.5) is 0 Å². The maximum absolute atomic E-state index is 12.0. The number of benzene rings is 2. The molecular weight excluding hydrogens is 414 g/mol. The number of rotatable bonds is 10. The number of fused-ring (bicyclic) bond motifs is 1. The predicted octanol–water partition coefficient (Wildman–Crippen LogP) is 6.03. The molecule has 0 unspecified atom stereocenters. The van der Waals surface area contributed by atoms with Crippen LogP contribution in [0.25, 0.3) is 11.1 Å². The van der Waals surface area contributed by atoms with E-state index in [1.807, 2.05) is 26.0 Å². The average Bonchev–Trinajstić information content (AvgIpc) is 2.73. The molecule has 0 saturated heterocycles. The number of hydrogen-bond acceptors (Lipinski definition) is 5. The highest BCUT2D eigenvalue weighted by Gasteiger charge is 2.16. The monoisotopic (exact) mass is 453 g/mol. The highest BCUT2D eigenvalue weighted by atomic mass is 16.5. The molecule has 0 saturated carbocycles. The van der Waals surface area contributed by atoms with E-state index in [9.17, 15) is 9.59 Å². The minimum atomic E-state index is -0.309. The summed E-state index contributed by atoms with van der Waals surface area (Å²) in [4.78, 5) is 25.5. The van der Waals surface area contributed by atoms with Gasteiger partial charge in [-0.25, -0.2) is 0 Å². The Balaban J connectivity index is 0.000000539. The molecule has 5 nitrogen and oxygen atoms in total. The molecule has 0 amide bonds. The minimum Gasteiger partial charge on any atom is -0.461 e. The van der Waals surface area contributed by atoms with E-state index in [2.05, 4.69) is 56.9 Å². The number of esters is 2. The van der Waals surface area contributed by atoms with Crippen molar-refractivity contribution in [2.75, 3.05) is 6.54 Å². The summed E-state index contributed by atoms with van der Waals surface area (Å²) in [6.07, 6.45) is 1.75. The largest absolute Gasteiger partial charge is 0.461 e. The third-order valence-electron chi connectivity index (χ3n) is 5.66. The first-order valence-corrected chi connectivity index (χ1v) is 11.9. The Labute approximate surface area is 199 Å². The van der Waals surface area contributed by atoms with Gasteiger partial charge in [0.1, 0.15) is 12.4 Å². The summed E-state index contributed by atoms with van der Waals surface area (Å²) in [7, 11) is 0. The predicted molar refractivity (Wildman–Crippen MR) is 133 cm³/mol. The molecule has 2 aliphatic carbocycles. The lowest BCUT2D eigenvalue weighted by Gasteiger charge is -2.30. The van der Waals surface area contributed by atoms with Gasteiger partial charge in [-0.1, -0.05) is 44.2 Å². The van der Waals surface area contributed by atoms with Gasteiger partial charge in [-0.15, -0.1) is 0 Å². The quantitative estimate of drug-likeness (QED) is 0.277. The molecule has 0 bridgehead atoms. The second-order valence-corrected chi connectivity index (χ2v) is 9.40. The van der Waals surface area contributed by atoms with Gasteiger partial charge in [0.25, 0.3) is 0 Å².